The van der Waals surface area contributed by atoms with Crippen LogP contribution >= 0.6 is 0 Å². The smallest absolute Gasteiger partial charge is 0.387 e. The second-order valence-corrected chi connectivity index (χ2v) is 5.43. The zero-order valence-electron chi connectivity index (χ0n) is 11.6. The Kier molecular flexibility index (Phi) is 3.53. The van der Waals surface area contributed by atoms with Gasteiger partial charge in [-0.15, -0.1) is 0 Å². The first-order valence-corrected chi connectivity index (χ1v) is 6.95. The average Bonchev–Trinajstić information content (AvgIpc) is 3.22. The molecule has 3 rings (SSSR count). The van der Waals surface area contributed by atoms with E-state index in [0.717, 1.165) is 16.8 Å². The largest absolute Gasteiger partial charge is 0.435 e. The number of benzene rings is 1. The summed E-state index contributed by atoms with van der Waals surface area (Å²) in [5, 5.41) is 7.11. The lowest BCUT2D eigenvalue weighted by Gasteiger charge is -2.12. The zero-order valence-corrected chi connectivity index (χ0v) is 11.6. The van der Waals surface area contributed by atoms with E-state index in [2.05, 4.69) is 21.9 Å². The summed E-state index contributed by atoms with van der Waals surface area (Å²) in [5.74, 6) is 1.60. The van der Waals surface area contributed by atoms with Crippen molar-refractivity contribution in [1.82, 2.24) is 10.2 Å². The molecule has 1 aliphatic carbocycles. The Balaban J connectivity index is 1.90. The second kappa shape index (κ2) is 5.35. The molecule has 1 aromatic carbocycles. The summed E-state index contributed by atoms with van der Waals surface area (Å²) in [6.07, 6.45) is 2.45. The van der Waals surface area contributed by atoms with Gasteiger partial charge in [0.25, 0.3) is 0 Å². The zero-order chi connectivity index (χ0) is 15.0. The van der Waals surface area contributed by atoms with Gasteiger partial charge in [-0.3, -0.25) is 5.10 Å². The molecule has 0 spiro atoms. The van der Waals surface area contributed by atoms with Gasteiger partial charge in [0.2, 0.25) is 0 Å². The molecule has 0 aliphatic heterocycles. The average molecular weight is 293 g/mol. The highest BCUT2D eigenvalue weighted by molar-refractivity contribution is 5.77. The number of alkyl halides is 2. The van der Waals surface area contributed by atoms with Crippen molar-refractivity contribution < 1.29 is 13.5 Å². The van der Waals surface area contributed by atoms with E-state index in [4.69, 9.17) is 5.73 Å². The summed E-state index contributed by atoms with van der Waals surface area (Å²) >= 11 is 0. The molecule has 112 valence electrons. The minimum Gasteiger partial charge on any atom is -0.435 e. The number of anilines is 1. The summed E-state index contributed by atoms with van der Waals surface area (Å²) < 4.78 is 28.7. The molecule has 0 saturated heterocycles. The van der Waals surface area contributed by atoms with Crippen molar-refractivity contribution in [2.24, 2.45) is 5.92 Å². The van der Waals surface area contributed by atoms with Crippen molar-refractivity contribution in [2.45, 2.75) is 32.3 Å². The number of hydrogen-bond acceptors (Lipinski definition) is 3. The van der Waals surface area contributed by atoms with Crippen LogP contribution < -0.4 is 10.5 Å². The van der Waals surface area contributed by atoms with E-state index < -0.39 is 6.61 Å². The van der Waals surface area contributed by atoms with Crippen LogP contribution in [0.5, 0.6) is 5.75 Å². The summed E-state index contributed by atoms with van der Waals surface area (Å²) in [6, 6.07) is 6.48. The van der Waals surface area contributed by atoms with Crippen LogP contribution in [0.4, 0.5) is 14.6 Å². The van der Waals surface area contributed by atoms with Gasteiger partial charge in [-0.25, -0.2) is 0 Å². The van der Waals surface area contributed by atoms with Gasteiger partial charge in [0, 0.05) is 17.2 Å². The molecule has 1 atom stereocenters. The highest BCUT2D eigenvalue weighted by Gasteiger charge is 2.32. The van der Waals surface area contributed by atoms with Gasteiger partial charge in [-0.05, 0) is 36.5 Å². The molecule has 4 nitrogen and oxygen atoms in total. The van der Waals surface area contributed by atoms with Crippen molar-refractivity contribution in [3.05, 3.63) is 30.0 Å². The van der Waals surface area contributed by atoms with Crippen molar-refractivity contribution in [1.29, 1.82) is 0 Å². The van der Waals surface area contributed by atoms with Gasteiger partial charge in [-0.2, -0.15) is 13.9 Å². The molecule has 0 amide bonds. The Morgan fingerprint density at radius 2 is 1.95 bits per heavy atom. The molecular formula is C15H17F2N3O. The number of nitrogens with two attached hydrogens (primary N) is 1. The molecule has 1 aromatic heterocycles. The SMILES string of the molecule is CC(c1[nH]nc(N)c1-c1ccc(OC(F)F)cc1)C1CC1. The summed E-state index contributed by atoms with van der Waals surface area (Å²) in [4.78, 5) is 0. The van der Waals surface area contributed by atoms with E-state index in [-0.39, 0.29) is 5.75 Å². The Bertz CT molecular complexity index is 620. The van der Waals surface area contributed by atoms with Gasteiger partial charge >= 0.3 is 6.61 Å². The van der Waals surface area contributed by atoms with Crippen LogP contribution in [0.3, 0.4) is 0 Å². The summed E-state index contributed by atoms with van der Waals surface area (Å²) in [6.45, 7) is -0.664. The predicted octanol–water partition coefficient (Wildman–Crippen LogP) is 3.77. The Labute approximate surface area is 121 Å². The molecule has 0 radical (unpaired) electrons. The van der Waals surface area contributed by atoms with Gasteiger partial charge in [-0.1, -0.05) is 19.1 Å². The third-order valence-electron chi connectivity index (χ3n) is 3.97. The number of hydrogen-bond donors (Lipinski definition) is 2. The standard InChI is InChI=1S/C15H17F2N3O/c1-8(9-2-3-9)13-12(14(18)20-19-13)10-4-6-11(7-5-10)21-15(16)17/h4-9,15H,2-3H2,1H3,(H3,18,19,20). The first kappa shape index (κ1) is 13.9. The van der Waals surface area contributed by atoms with Gasteiger partial charge in [0.15, 0.2) is 5.82 Å². The van der Waals surface area contributed by atoms with Gasteiger partial charge < -0.3 is 10.5 Å². The maximum Gasteiger partial charge on any atom is 0.387 e. The van der Waals surface area contributed by atoms with Crippen molar-refractivity contribution >= 4 is 5.82 Å². The fraction of sp³-hybridized carbons (Fsp3) is 0.400. The van der Waals surface area contributed by atoms with Crippen LogP contribution in [0, 0.1) is 5.92 Å². The Hall–Kier alpha value is -2.11. The topological polar surface area (TPSA) is 63.9 Å². The van der Waals surface area contributed by atoms with Crippen molar-refractivity contribution in [2.75, 3.05) is 5.73 Å². The lowest BCUT2D eigenvalue weighted by Crippen LogP contribution is -2.02. The Morgan fingerprint density at radius 1 is 1.29 bits per heavy atom. The predicted molar refractivity (Wildman–Crippen MR) is 76.2 cm³/mol. The molecule has 1 saturated carbocycles. The number of nitrogen functional groups attached to an aromatic ring is 1. The third-order valence-corrected chi connectivity index (χ3v) is 3.97. The van der Waals surface area contributed by atoms with E-state index in [1.165, 1.54) is 25.0 Å². The van der Waals surface area contributed by atoms with Crippen LogP contribution in [0.1, 0.15) is 31.4 Å². The molecule has 1 unspecified atom stereocenters. The van der Waals surface area contributed by atoms with Gasteiger partial charge in [0.05, 0.1) is 0 Å². The van der Waals surface area contributed by atoms with E-state index in [1.807, 2.05) is 0 Å². The van der Waals surface area contributed by atoms with Crippen LogP contribution in [-0.2, 0) is 0 Å². The highest BCUT2D eigenvalue weighted by atomic mass is 19.3. The highest BCUT2D eigenvalue weighted by Crippen LogP contribution is 2.45. The summed E-state index contributed by atoms with van der Waals surface area (Å²) in [5.41, 5.74) is 8.68. The number of ether oxygens (including phenoxy) is 1. The molecule has 1 fully saturated rings. The fourth-order valence-electron chi connectivity index (χ4n) is 2.64. The minimum atomic E-state index is -2.82. The summed E-state index contributed by atoms with van der Waals surface area (Å²) in [7, 11) is 0. The van der Waals surface area contributed by atoms with E-state index >= 15 is 0 Å². The van der Waals surface area contributed by atoms with E-state index in [9.17, 15) is 8.78 Å². The molecule has 1 aliphatic rings. The maximum absolute atomic E-state index is 12.2. The minimum absolute atomic E-state index is 0.132. The van der Waals surface area contributed by atoms with Gasteiger partial charge in [0.1, 0.15) is 5.75 Å². The number of nitrogens with one attached hydrogen (secondary N) is 1. The van der Waals surface area contributed by atoms with Crippen LogP contribution in [0.15, 0.2) is 24.3 Å². The number of aromatic amines is 1. The molecule has 3 N–H and O–H groups in total. The second-order valence-electron chi connectivity index (χ2n) is 5.43. The maximum atomic E-state index is 12.2. The van der Waals surface area contributed by atoms with Crippen LogP contribution in [0.2, 0.25) is 0 Å². The monoisotopic (exact) mass is 293 g/mol. The number of halogens is 2. The first-order chi connectivity index (χ1) is 10.1. The molecule has 6 heteroatoms. The first-order valence-electron chi connectivity index (χ1n) is 6.95. The third kappa shape index (κ3) is 2.84. The molecule has 1 heterocycles. The fourth-order valence-corrected chi connectivity index (χ4v) is 2.64. The quantitative estimate of drug-likeness (QED) is 0.882. The normalized spacial score (nSPS) is 16.2. The molecular weight excluding hydrogens is 276 g/mol. The van der Waals surface area contributed by atoms with Crippen molar-refractivity contribution in [3.8, 4) is 16.9 Å². The number of aromatic nitrogens is 2. The number of rotatable bonds is 5. The molecule has 2 aromatic rings. The number of nitrogens with zero attached hydrogens (tertiary/aromatic N) is 1. The lowest BCUT2D eigenvalue weighted by atomic mass is 9.94. The Morgan fingerprint density at radius 3 is 2.52 bits per heavy atom. The van der Waals surface area contributed by atoms with Crippen molar-refractivity contribution in [3.63, 3.8) is 0 Å². The van der Waals surface area contributed by atoms with Crippen LogP contribution in [-0.4, -0.2) is 16.8 Å². The van der Waals surface area contributed by atoms with E-state index in [0.29, 0.717) is 17.7 Å². The van der Waals surface area contributed by atoms with Crippen LogP contribution in [0.25, 0.3) is 11.1 Å². The number of H-pyrrole nitrogens is 1. The van der Waals surface area contributed by atoms with E-state index in [1.54, 1.807) is 12.1 Å². The lowest BCUT2D eigenvalue weighted by molar-refractivity contribution is -0.0498. The molecule has 21 heavy (non-hydrogen) atoms. The molecule has 0 bridgehead atoms.